The fourth-order valence-corrected chi connectivity index (χ4v) is 4.00. The Morgan fingerprint density at radius 2 is 1.89 bits per heavy atom. The summed E-state index contributed by atoms with van der Waals surface area (Å²) in [5, 5.41) is 0. The number of rotatable bonds is 7. The maximum Gasteiger partial charge on any atom is 0.412 e. The zero-order valence-electron chi connectivity index (χ0n) is 18.0. The lowest BCUT2D eigenvalue weighted by molar-refractivity contribution is -0.0633. The highest BCUT2D eigenvalue weighted by Gasteiger charge is 2.51. The minimum Gasteiger partial charge on any atom is -0.444 e. The lowest BCUT2D eigenvalue weighted by Gasteiger charge is -2.36. The van der Waals surface area contributed by atoms with Crippen LogP contribution in [0, 0.1) is 5.41 Å². The van der Waals surface area contributed by atoms with Gasteiger partial charge in [-0.1, -0.05) is 30.3 Å². The summed E-state index contributed by atoms with van der Waals surface area (Å²) in [7, 11) is 0. The van der Waals surface area contributed by atoms with E-state index in [0.29, 0.717) is 13.2 Å². The van der Waals surface area contributed by atoms with Gasteiger partial charge in [-0.2, -0.15) is 0 Å². The van der Waals surface area contributed by atoms with Crippen molar-refractivity contribution >= 4 is 6.09 Å². The van der Waals surface area contributed by atoms with Crippen molar-refractivity contribution in [2.75, 3.05) is 13.2 Å². The fraction of sp³-hybridized carbons (Fsp3) is 0.696. The third-order valence-electron chi connectivity index (χ3n) is 5.68. The van der Waals surface area contributed by atoms with E-state index in [-0.39, 0.29) is 17.6 Å². The van der Waals surface area contributed by atoms with Crippen LogP contribution in [0.5, 0.6) is 0 Å². The molecule has 3 rings (SSSR count). The largest absolute Gasteiger partial charge is 0.444 e. The van der Waals surface area contributed by atoms with Crippen molar-refractivity contribution in [3.05, 3.63) is 35.9 Å². The van der Waals surface area contributed by atoms with Gasteiger partial charge in [-0.3, -0.25) is 4.90 Å². The highest BCUT2D eigenvalue weighted by molar-refractivity contribution is 5.69. The van der Waals surface area contributed by atoms with Crippen molar-refractivity contribution < 1.29 is 19.0 Å². The lowest BCUT2D eigenvalue weighted by atomic mass is 9.93. The summed E-state index contributed by atoms with van der Waals surface area (Å²) in [5.74, 6) is 0. The SMILES string of the molecule is CC(C)(C)OC(=O)N1[C@@H](CC2(CCOCc3ccccc3)CC2)COC1(C)C. The second kappa shape index (κ2) is 8.03. The van der Waals surface area contributed by atoms with E-state index in [1.54, 1.807) is 0 Å². The van der Waals surface area contributed by atoms with E-state index in [1.807, 2.05) is 57.7 Å². The van der Waals surface area contributed by atoms with E-state index >= 15 is 0 Å². The maximum absolute atomic E-state index is 12.8. The molecule has 156 valence electrons. The molecule has 2 fully saturated rings. The molecule has 0 bridgehead atoms. The molecule has 28 heavy (non-hydrogen) atoms. The number of ether oxygens (including phenoxy) is 3. The molecular formula is C23H35NO4. The van der Waals surface area contributed by atoms with Crippen LogP contribution >= 0.6 is 0 Å². The Morgan fingerprint density at radius 3 is 2.50 bits per heavy atom. The van der Waals surface area contributed by atoms with Crippen LogP contribution in [0.2, 0.25) is 0 Å². The molecule has 0 N–H and O–H groups in total. The van der Waals surface area contributed by atoms with Gasteiger partial charge < -0.3 is 14.2 Å². The molecule has 0 spiro atoms. The summed E-state index contributed by atoms with van der Waals surface area (Å²) < 4.78 is 17.5. The first-order chi connectivity index (χ1) is 13.1. The van der Waals surface area contributed by atoms with Crippen LogP contribution in [0.25, 0.3) is 0 Å². The van der Waals surface area contributed by atoms with Gasteiger partial charge >= 0.3 is 6.09 Å². The Balaban J connectivity index is 1.53. The first kappa shape index (κ1) is 21.1. The number of carbonyl (C=O) groups excluding carboxylic acids is 1. The van der Waals surface area contributed by atoms with Crippen molar-refractivity contribution in [3.63, 3.8) is 0 Å². The Morgan fingerprint density at radius 1 is 1.21 bits per heavy atom. The number of benzene rings is 1. The van der Waals surface area contributed by atoms with Gasteiger partial charge in [0.2, 0.25) is 0 Å². The number of amides is 1. The van der Waals surface area contributed by atoms with Gasteiger partial charge in [-0.25, -0.2) is 4.79 Å². The molecule has 1 aliphatic heterocycles. The molecule has 1 amide bonds. The van der Waals surface area contributed by atoms with E-state index in [1.165, 1.54) is 18.4 Å². The maximum atomic E-state index is 12.8. The topological polar surface area (TPSA) is 48.0 Å². The van der Waals surface area contributed by atoms with E-state index in [9.17, 15) is 4.79 Å². The summed E-state index contributed by atoms with van der Waals surface area (Å²) in [5.41, 5.74) is 0.329. The van der Waals surface area contributed by atoms with E-state index in [4.69, 9.17) is 14.2 Å². The average Bonchev–Trinajstić information content (AvgIpc) is 3.28. The molecule has 2 aliphatic rings. The first-order valence-corrected chi connectivity index (χ1v) is 10.4. The molecule has 1 heterocycles. The van der Waals surface area contributed by atoms with Gasteiger partial charge in [0.15, 0.2) is 0 Å². The zero-order chi connectivity index (χ0) is 20.4. The standard InChI is InChI=1S/C23H35NO4/c1-21(2,3)28-20(25)24-19(17-27-22(24,4)5)15-23(11-12-23)13-14-26-16-18-9-7-6-8-10-18/h6-10,19H,11-17H2,1-5H3/t19-/m0/s1. The van der Waals surface area contributed by atoms with Gasteiger partial charge in [-0.05, 0) is 71.3 Å². The van der Waals surface area contributed by atoms with Crippen molar-refractivity contribution in [2.45, 2.75) is 84.3 Å². The van der Waals surface area contributed by atoms with Crippen LogP contribution in [0.3, 0.4) is 0 Å². The molecule has 1 aromatic rings. The highest BCUT2D eigenvalue weighted by Crippen LogP contribution is 2.54. The van der Waals surface area contributed by atoms with Gasteiger partial charge in [0.25, 0.3) is 0 Å². The Kier molecular flexibility index (Phi) is 6.06. The van der Waals surface area contributed by atoms with E-state index in [2.05, 4.69) is 12.1 Å². The number of nitrogens with zero attached hydrogens (tertiary/aromatic N) is 1. The quantitative estimate of drug-likeness (QED) is 0.606. The minimum atomic E-state index is -0.632. The average molecular weight is 390 g/mol. The predicted octanol–water partition coefficient (Wildman–Crippen LogP) is 5.14. The Hall–Kier alpha value is -1.59. The third-order valence-corrected chi connectivity index (χ3v) is 5.68. The molecule has 0 radical (unpaired) electrons. The molecular weight excluding hydrogens is 354 g/mol. The van der Waals surface area contributed by atoms with Crippen LogP contribution in [-0.2, 0) is 20.8 Å². The summed E-state index contributed by atoms with van der Waals surface area (Å²) in [4.78, 5) is 14.6. The molecule has 5 heteroatoms. The van der Waals surface area contributed by atoms with Crippen LogP contribution in [0.1, 0.15) is 65.9 Å². The summed E-state index contributed by atoms with van der Waals surface area (Å²) in [6.45, 7) is 11.6. The Bertz CT molecular complexity index is 661. The molecule has 0 aromatic heterocycles. The second-order valence-corrected chi connectivity index (χ2v) is 9.75. The first-order valence-electron chi connectivity index (χ1n) is 10.4. The van der Waals surface area contributed by atoms with Crippen LogP contribution in [-0.4, -0.2) is 41.6 Å². The van der Waals surface area contributed by atoms with Gasteiger partial charge in [0, 0.05) is 6.61 Å². The molecule has 1 saturated heterocycles. The predicted molar refractivity (Wildman–Crippen MR) is 109 cm³/mol. The summed E-state index contributed by atoms with van der Waals surface area (Å²) in [6.07, 6.45) is 4.08. The number of hydrogen-bond donors (Lipinski definition) is 0. The van der Waals surface area contributed by atoms with Gasteiger partial charge in [-0.15, -0.1) is 0 Å². The fourth-order valence-electron chi connectivity index (χ4n) is 4.00. The van der Waals surface area contributed by atoms with Gasteiger partial charge in [0.1, 0.15) is 11.3 Å². The van der Waals surface area contributed by atoms with E-state index < -0.39 is 11.3 Å². The second-order valence-electron chi connectivity index (χ2n) is 9.75. The van der Waals surface area contributed by atoms with Crippen LogP contribution in [0.15, 0.2) is 30.3 Å². The van der Waals surface area contributed by atoms with Crippen molar-refractivity contribution in [1.82, 2.24) is 4.90 Å². The molecule has 1 saturated carbocycles. The smallest absolute Gasteiger partial charge is 0.412 e. The van der Waals surface area contributed by atoms with Crippen molar-refractivity contribution in [1.29, 1.82) is 0 Å². The normalized spacial score (nSPS) is 22.9. The van der Waals surface area contributed by atoms with Crippen LogP contribution < -0.4 is 0 Å². The van der Waals surface area contributed by atoms with E-state index in [0.717, 1.165) is 19.4 Å². The Labute approximate surface area is 169 Å². The molecule has 1 aliphatic carbocycles. The van der Waals surface area contributed by atoms with Gasteiger partial charge in [0.05, 0.1) is 19.3 Å². The molecule has 5 nitrogen and oxygen atoms in total. The zero-order valence-corrected chi connectivity index (χ0v) is 18.0. The molecule has 0 unspecified atom stereocenters. The molecule has 1 aromatic carbocycles. The van der Waals surface area contributed by atoms with Crippen molar-refractivity contribution in [2.24, 2.45) is 5.41 Å². The number of hydrogen-bond acceptors (Lipinski definition) is 4. The van der Waals surface area contributed by atoms with Crippen LogP contribution in [0.4, 0.5) is 4.79 Å². The lowest BCUT2D eigenvalue weighted by Crippen LogP contribution is -2.50. The monoisotopic (exact) mass is 389 g/mol. The third kappa shape index (κ3) is 5.48. The number of carbonyl (C=O) groups is 1. The van der Waals surface area contributed by atoms with Crippen molar-refractivity contribution in [3.8, 4) is 0 Å². The minimum absolute atomic E-state index is 0.0569. The summed E-state index contributed by atoms with van der Waals surface area (Å²) in [6, 6.07) is 10.3. The highest BCUT2D eigenvalue weighted by atomic mass is 16.6. The molecule has 1 atom stereocenters. The summed E-state index contributed by atoms with van der Waals surface area (Å²) >= 11 is 0.